The summed E-state index contributed by atoms with van der Waals surface area (Å²) in [5, 5.41) is 20.9. The summed E-state index contributed by atoms with van der Waals surface area (Å²) in [6.45, 7) is 16.8. The van der Waals surface area contributed by atoms with Crippen LogP contribution in [0.25, 0.3) is 0 Å². The molecule has 2 N–H and O–H groups in total. The van der Waals surface area contributed by atoms with Crippen molar-refractivity contribution in [3.63, 3.8) is 0 Å². The molecule has 0 bridgehead atoms. The summed E-state index contributed by atoms with van der Waals surface area (Å²) in [5.74, 6) is 0.556. The molecule has 2 saturated heterocycles. The van der Waals surface area contributed by atoms with Crippen LogP contribution in [0.1, 0.15) is 79.1 Å². The van der Waals surface area contributed by atoms with Gasteiger partial charge in [-0.25, -0.2) is 4.98 Å². The fourth-order valence-corrected chi connectivity index (χ4v) is 6.63. The number of benzene rings is 2. The monoisotopic (exact) mass is 636 g/mol. The van der Waals surface area contributed by atoms with E-state index in [4.69, 9.17) is 5.26 Å². The molecule has 10 heteroatoms. The molecule has 1 unspecified atom stereocenters. The van der Waals surface area contributed by atoms with Gasteiger partial charge in [-0.15, -0.1) is 0 Å². The second kappa shape index (κ2) is 16.4. The first kappa shape index (κ1) is 35.3. The number of aromatic nitrogens is 2. The van der Waals surface area contributed by atoms with E-state index in [1.54, 1.807) is 6.92 Å². The van der Waals surface area contributed by atoms with Gasteiger partial charge in [0.25, 0.3) is 5.56 Å². The third-order valence-corrected chi connectivity index (χ3v) is 9.25. The number of aryl methyl sites for hydroxylation is 4. The van der Waals surface area contributed by atoms with Gasteiger partial charge < -0.3 is 15.2 Å². The highest BCUT2D eigenvalue weighted by molar-refractivity contribution is 5.88. The van der Waals surface area contributed by atoms with Crippen molar-refractivity contribution >= 4 is 17.5 Å². The predicted octanol–water partition coefficient (Wildman–Crippen LogP) is 5.21. The molecule has 0 saturated carbocycles. The first-order chi connectivity index (χ1) is 22.6. The summed E-state index contributed by atoms with van der Waals surface area (Å²) in [5.41, 5.74) is 6.45. The summed E-state index contributed by atoms with van der Waals surface area (Å²) in [7, 11) is 0. The number of H-pyrrole nitrogens is 1. The number of aromatic amines is 1. The van der Waals surface area contributed by atoms with Crippen molar-refractivity contribution in [2.75, 3.05) is 42.9 Å². The van der Waals surface area contributed by atoms with Crippen LogP contribution in [0.5, 0.6) is 0 Å². The molecule has 1 aromatic heterocycles. The summed E-state index contributed by atoms with van der Waals surface area (Å²) < 4.78 is 0. The number of carbonyl (C=O) groups excluding carboxylic acids is 1. The second-order valence-corrected chi connectivity index (χ2v) is 12.7. The van der Waals surface area contributed by atoms with Crippen LogP contribution in [-0.4, -0.2) is 70.5 Å². The fraction of sp³-hybridized carbons (Fsp3) is 0.486. The largest absolute Gasteiger partial charge is 0.349 e. The Hall–Kier alpha value is -4.51. The molecule has 10 nitrogen and oxygen atoms in total. The van der Waals surface area contributed by atoms with E-state index in [0.29, 0.717) is 29.4 Å². The lowest BCUT2D eigenvalue weighted by atomic mass is 9.97. The van der Waals surface area contributed by atoms with E-state index in [-0.39, 0.29) is 11.5 Å². The fourth-order valence-electron chi connectivity index (χ4n) is 6.63. The summed E-state index contributed by atoms with van der Waals surface area (Å²) in [6.07, 6.45) is 4.15. The molecule has 1 amide bonds. The van der Waals surface area contributed by atoms with E-state index in [1.165, 1.54) is 6.92 Å². The Bertz CT molecular complexity index is 1690. The number of amides is 1. The Morgan fingerprint density at radius 2 is 1.57 bits per heavy atom. The number of piperidine rings is 1. The van der Waals surface area contributed by atoms with Crippen molar-refractivity contribution < 1.29 is 4.79 Å². The topological polar surface area (TPSA) is 132 Å². The number of hydrogen-bond acceptors (Lipinski definition) is 8. The zero-order chi connectivity index (χ0) is 34.1. The molecule has 3 aromatic rings. The minimum atomic E-state index is -0.270. The first-order valence-corrected chi connectivity index (χ1v) is 16.7. The van der Waals surface area contributed by atoms with Crippen LogP contribution in [0.3, 0.4) is 0 Å². The molecular weight excluding hydrogens is 588 g/mol. The summed E-state index contributed by atoms with van der Waals surface area (Å²) >= 11 is 0. The molecule has 0 spiro atoms. The maximum atomic E-state index is 12.8. The van der Waals surface area contributed by atoms with E-state index >= 15 is 0 Å². The number of hydrogen-bond donors (Lipinski definition) is 2. The van der Waals surface area contributed by atoms with Gasteiger partial charge in [-0.2, -0.15) is 10.5 Å². The Balaban J connectivity index is 0.000000385. The normalized spacial score (nSPS) is 17.3. The van der Waals surface area contributed by atoms with Gasteiger partial charge in [0, 0.05) is 45.2 Å². The number of nitrogens with one attached hydrogen (secondary N) is 2. The van der Waals surface area contributed by atoms with Crippen LogP contribution in [0.15, 0.2) is 41.2 Å². The van der Waals surface area contributed by atoms with Crippen LogP contribution in [0, 0.1) is 43.4 Å². The van der Waals surface area contributed by atoms with Crippen molar-refractivity contribution in [3.05, 3.63) is 85.8 Å². The maximum absolute atomic E-state index is 12.8. The van der Waals surface area contributed by atoms with Crippen LogP contribution in [0.2, 0.25) is 0 Å². The van der Waals surface area contributed by atoms with Crippen molar-refractivity contribution in [2.24, 2.45) is 0 Å². The van der Waals surface area contributed by atoms with Crippen LogP contribution in [0.4, 0.5) is 11.6 Å². The van der Waals surface area contributed by atoms with Gasteiger partial charge in [-0.3, -0.25) is 19.4 Å². The Kier molecular flexibility index (Phi) is 12.3. The molecule has 2 aromatic carbocycles. The third-order valence-electron chi connectivity index (χ3n) is 9.25. The Labute approximate surface area is 279 Å². The Morgan fingerprint density at radius 1 is 0.957 bits per heavy atom. The number of rotatable bonds is 7. The molecule has 3 heterocycles. The molecule has 47 heavy (non-hydrogen) atoms. The quantitative estimate of drug-likeness (QED) is 0.361. The molecule has 1 atom stereocenters. The van der Waals surface area contributed by atoms with Crippen molar-refractivity contribution in [2.45, 2.75) is 85.9 Å². The van der Waals surface area contributed by atoms with Crippen molar-refractivity contribution in [3.8, 4) is 12.1 Å². The molecule has 0 radical (unpaired) electrons. The molecule has 248 valence electrons. The number of nitriles is 2. The smallest absolute Gasteiger partial charge is 0.292 e. The average molecular weight is 637 g/mol. The average Bonchev–Trinajstić information content (AvgIpc) is 3.07. The lowest BCUT2D eigenvalue weighted by molar-refractivity contribution is -0.114. The summed E-state index contributed by atoms with van der Waals surface area (Å²) in [4.78, 5) is 38.7. The number of nitrogens with zero attached hydrogens (tertiary/aromatic N) is 6. The highest BCUT2D eigenvalue weighted by Gasteiger charge is 2.34. The van der Waals surface area contributed by atoms with Crippen molar-refractivity contribution in [1.82, 2.24) is 19.8 Å². The van der Waals surface area contributed by atoms with Gasteiger partial charge in [0.2, 0.25) is 5.91 Å². The molecule has 5 rings (SSSR count). The molecule has 0 aliphatic carbocycles. The van der Waals surface area contributed by atoms with Gasteiger partial charge in [-0.1, -0.05) is 38.1 Å². The summed E-state index contributed by atoms with van der Waals surface area (Å²) in [6, 6.07) is 17.6. The Morgan fingerprint density at radius 3 is 2.15 bits per heavy atom. The number of carbonyl (C=O) groups is 1. The first-order valence-electron chi connectivity index (χ1n) is 16.7. The van der Waals surface area contributed by atoms with E-state index in [1.807, 2.05) is 38.1 Å². The van der Waals surface area contributed by atoms with Crippen LogP contribution in [-0.2, 0) is 17.8 Å². The lowest BCUT2D eigenvalue weighted by Crippen LogP contribution is -2.59. The van der Waals surface area contributed by atoms with E-state index in [0.717, 1.165) is 98.3 Å². The second-order valence-electron chi connectivity index (χ2n) is 12.7. The van der Waals surface area contributed by atoms with Gasteiger partial charge in [-0.05, 0) is 93.9 Å². The highest BCUT2D eigenvalue weighted by atomic mass is 16.1. The van der Waals surface area contributed by atoms with Gasteiger partial charge in [0.05, 0.1) is 29.0 Å². The van der Waals surface area contributed by atoms with Crippen LogP contribution < -0.4 is 15.8 Å². The van der Waals surface area contributed by atoms with E-state index in [2.05, 4.69) is 68.1 Å². The third kappa shape index (κ3) is 9.06. The predicted molar refractivity (Wildman–Crippen MR) is 186 cm³/mol. The highest BCUT2D eigenvalue weighted by Crippen LogP contribution is 2.26. The number of anilines is 2. The minimum Gasteiger partial charge on any atom is -0.349 e. The minimum absolute atomic E-state index is 0.238. The zero-order valence-electron chi connectivity index (χ0n) is 28.7. The number of piperazine rings is 1. The zero-order valence-corrected chi connectivity index (χ0v) is 28.7. The molecule has 2 aliphatic rings. The van der Waals surface area contributed by atoms with Gasteiger partial charge in [0.15, 0.2) is 5.82 Å². The number of likely N-dealkylation sites (tertiary alicyclic amines) is 1. The van der Waals surface area contributed by atoms with E-state index in [9.17, 15) is 14.9 Å². The molecule has 2 aliphatic heterocycles. The standard InChI is InChI=1S/C27H37N7O2.C10H11N/c1-5-23-17-33(26-27(36)31-25(19(3)29-26)30-20(4)35)12-13-34(23)24-8-10-32(11-9-24)16-21-7-6-18(2)14-22(21)15-28;1-3-9-5-4-8(2)6-10(9)7-11/h6-7,14,23-24H,5,8-13,16-17H2,1-4H3,(H2,30,31,35,36);4-6H,3H2,1-2H3. The van der Waals surface area contributed by atoms with Crippen molar-refractivity contribution in [1.29, 1.82) is 10.5 Å². The van der Waals surface area contributed by atoms with E-state index < -0.39 is 0 Å². The van der Waals surface area contributed by atoms with Crippen LogP contribution >= 0.6 is 0 Å². The maximum Gasteiger partial charge on any atom is 0.292 e. The lowest BCUT2D eigenvalue weighted by Gasteiger charge is -2.47. The SMILES string of the molecule is CCC1CN(c2nc(C)c(NC(C)=O)[nH]c2=O)CCN1C1CCN(Cc2ccc(C)cc2C#N)CC1.CCc1ccc(C)cc1C#N. The van der Waals surface area contributed by atoms with Gasteiger partial charge >= 0.3 is 0 Å². The van der Waals surface area contributed by atoms with Gasteiger partial charge in [0.1, 0.15) is 5.82 Å². The molecular formula is C37H48N8O2. The molecule has 2 fully saturated rings.